The van der Waals surface area contributed by atoms with Gasteiger partial charge in [0, 0.05) is 5.56 Å². The summed E-state index contributed by atoms with van der Waals surface area (Å²) in [4.78, 5) is 25.3. The zero-order valence-electron chi connectivity index (χ0n) is 12.0. The number of thiophene rings is 1. The van der Waals surface area contributed by atoms with E-state index in [1.165, 1.54) is 11.3 Å². The number of urea groups is 1. The van der Waals surface area contributed by atoms with Gasteiger partial charge in [0.15, 0.2) is 6.04 Å². The summed E-state index contributed by atoms with van der Waals surface area (Å²) < 4.78 is 0.709. The Bertz CT molecular complexity index is 660. The van der Waals surface area contributed by atoms with Gasteiger partial charge in [0.1, 0.15) is 6.54 Å². The second kappa shape index (κ2) is 7.40. The number of carbonyl (C=O) groups is 2. The molecule has 0 radical (unpaired) electrons. The number of hydrogen-bond donors (Lipinski definition) is 3. The summed E-state index contributed by atoms with van der Waals surface area (Å²) in [5, 5.41) is 2.17. The Hall–Kier alpha value is -1.89. The highest BCUT2D eigenvalue weighted by atomic mass is 35.5. The minimum absolute atomic E-state index is 0.418. The topological polar surface area (TPSA) is 76.6 Å². The molecule has 1 aromatic heterocycles. The van der Waals surface area contributed by atoms with E-state index < -0.39 is 18.0 Å². The van der Waals surface area contributed by atoms with Gasteiger partial charge in [-0.1, -0.05) is 41.9 Å². The molecule has 1 unspecified atom stereocenters. The smallest absolute Gasteiger partial charge is 0.319 e. The molecule has 0 aliphatic heterocycles. The van der Waals surface area contributed by atoms with Crippen molar-refractivity contribution in [2.45, 2.75) is 12.6 Å². The Morgan fingerprint density at radius 1 is 1.27 bits per heavy atom. The van der Waals surface area contributed by atoms with Crippen LogP contribution in [0.1, 0.15) is 16.5 Å². The van der Waals surface area contributed by atoms with Crippen molar-refractivity contribution in [3.05, 3.63) is 57.2 Å². The molecular weight excluding hydrogens is 322 g/mol. The number of primary amides is 1. The number of nitrogens with one attached hydrogen (secondary N) is 2. The van der Waals surface area contributed by atoms with E-state index in [4.69, 9.17) is 17.3 Å². The zero-order chi connectivity index (χ0) is 16.1. The van der Waals surface area contributed by atoms with Gasteiger partial charge in [0.2, 0.25) is 0 Å². The van der Waals surface area contributed by atoms with Gasteiger partial charge in [-0.05, 0) is 12.1 Å². The van der Waals surface area contributed by atoms with E-state index in [0.29, 0.717) is 10.9 Å². The van der Waals surface area contributed by atoms with Crippen LogP contribution >= 0.6 is 22.9 Å². The van der Waals surface area contributed by atoms with Gasteiger partial charge in [-0.25, -0.2) is 4.79 Å². The van der Waals surface area contributed by atoms with E-state index >= 15 is 0 Å². The fraction of sp³-hybridized carbons (Fsp3) is 0.200. The third-order valence-corrected chi connectivity index (χ3v) is 4.45. The van der Waals surface area contributed by atoms with Crippen molar-refractivity contribution < 1.29 is 14.5 Å². The van der Waals surface area contributed by atoms with Crippen LogP contribution in [0.3, 0.4) is 0 Å². The summed E-state index contributed by atoms with van der Waals surface area (Å²) in [6.45, 7) is 0.614. The van der Waals surface area contributed by atoms with Gasteiger partial charge in [-0.15, -0.1) is 11.3 Å². The highest BCUT2D eigenvalue weighted by molar-refractivity contribution is 7.16. The quantitative estimate of drug-likeness (QED) is 0.769. The van der Waals surface area contributed by atoms with E-state index in [0.717, 1.165) is 15.3 Å². The van der Waals surface area contributed by atoms with Gasteiger partial charge in [-0.2, -0.15) is 0 Å². The van der Waals surface area contributed by atoms with E-state index in [9.17, 15) is 9.59 Å². The predicted molar refractivity (Wildman–Crippen MR) is 86.8 cm³/mol. The maximum Gasteiger partial charge on any atom is 0.319 e. The maximum absolute atomic E-state index is 12.3. The molecule has 1 heterocycles. The second-order valence-electron chi connectivity index (χ2n) is 4.93. The summed E-state index contributed by atoms with van der Waals surface area (Å²) in [5.41, 5.74) is 5.89. The molecule has 0 saturated carbocycles. The molecule has 0 bridgehead atoms. The molecule has 3 amide bonds. The molecule has 2 atom stereocenters. The molecule has 0 aliphatic carbocycles. The number of nitrogens with two attached hydrogens (primary N) is 1. The molecule has 0 saturated heterocycles. The average Bonchev–Trinajstić information content (AvgIpc) is 2.84. The van der Waals surface area contributed by atoms with Gasteiger partial charge < -0.3 is 10.6 Å². The standard InChI is InChI=1S/C15H16ClN3O2S/c1-19(9-11-7-8-12(16)22-11)13(14(20)18-15(17)21)10-5-3-2-4-6-10/h2-8,13H,9H2,1H3,(H3,17,18,20,21)/p+1/t13-/m0/s1. The third-order valence-electron chi connectivity index (χ3n) is 3.22. The number of hydrogen-bond acceptors (Lipinski definition) is 3. The SMILES string of the molecule is C[NH+](Cc1ccc(Cl)s1)[C@H](C(=O)NC(N)=O)c1ccccc1. The number of carbonyl (C=O) groups excluding carboxylic acids is 2. The molecule has 0 spiro atoms. The molecule has 0 aliphatic rings. The van der Waals surface area contributed by atoms with E-state index in [1.54, 1.807) is 0 Å². The molecule has 1 aromatic carbocycles. The van der Waals surface area contributed by atoms with Crippen LogP contribution < -0.4 is 16.0 Å². The van der Waals surface area contributed by atoms with Crippen molar-refractivity contribution in [1.82, 2.24) is 5.32 Å². The van der Waals surface area contributed by atoms with Crippen LogP contribution in [0, 0.1) is 0 Å². The summed E-state index contributed by atoms with van der Waals surface area (Å²) in [6, 6.07) is 11.7. The molecule has 2 aromatic rings. The molecule has 7 heteroatoms. The highest BCUT2D eigenvalue weighted by Crippen LogP contribution is 2.21. The summed E-state index contributed by atoms with van der Waals surface area (Å²) in [7, 11) is 1.89. The first-order valence-corrected chi connectivity index (χ1v) is 7.88. The van der Waals surface area contributed by atoms with Crippen molar-refractivity contribution in [1.29, 1.82) is 0 Å². The average molecular weight is 339 g/mol. The number of quaternary nitrogens is 1. The Kier molecular flexibility index (Phi) is 5.54. The molecule has 116 valence electrons. The largest absolute Gasteiger partial charge is 0.351 e. The van der Waals surface area contributed by atoms with E-state index in [1.807, 2.05) is 49.5 Å². The summed E-state index contributed by atoms with van der Waals surface area (Å²) in [6.07, 6.45) is 0. The number of halogens is 1. The van der Waals surface area contributed by atoms with Gasteiger partial charge in [-0.3, -0.25) is 10.1 Å². The van der Waals surface area contributed by atoms with E-state index in [2.05, 4.69) is 5.32 Å². The lowest BCUT2D eigenvalue weighted by atomic mass is 10.0. The summed E-state index contributed by atoms with van der Waals surface area (Å²) in [5.74, 6) is -0.418. The van der Waals surface area contributed by atoms with Crippen LogP contribution in [0.15, 0.2) is 42.5 Å². The monoisotopic (exact) mass is 338 g/mol. The Balaban J connectivity index is 2.23. The number of amides is 3. The minimum Gasteiger partial charge on any atom is -0.351 e. The predicted octanol–water partition coefficient (Wildman–Crippen LogP) is 1.35. The molecule has 22 heavy (non-hydrogen) atoms. The molecule has 4 N–H and O–H groups in total. The third kappa shape index (κ3) is 4.30. The molecular formula is C15H17ClN3O2S+. The fourth-order valence-corrected chi connectivity index (χ4v) is 3.51. The number of rotatable bonds is 5. The maximum atomic E-state index is 12.3. The zero-order valence-corrected chi connectivity index (χ0v) is 13.6. The van der Waals surface area contributed by atoms with Crippen molar-refractivity contribution in [2.24, 2.45) is 5.73 Å². The van der Waals surface area contributed by atoms with Crippen molar-refractivity contribution >= 4 is 34.9 Å². The van der Waals surface area contributed by atoms with E-state index in [-0.39, 0.29) is 0 Å². The van der Waals surface area contributed by atoms with Crippen molar-refractivity contribution in [3.63, 3.8) is 0 Å². The van der Waals surface area contributed by atoms with Crippen LogP contribution in [-0.4, -0.2) is 19.0 Å². The first-order valence-electron chi connectivity index (χ1n) is 6.69. The lowest BCUT2D eigenvalue weighted by Crippen LogP contribution is -3.09. The Labute approximate surface area is 137 Å². The normalized spacial score (nSPS) is 13.4. The van der Waals surface area contributed by atoms with Crippen molar-refractivity contribution in [2.75, 3.05) is 7.05 Å². The number of imide groups is 1. The minimum atomic E-state index is -0.849. The van der Waals surface area contributed by atoms with Crippen LogP contribution in [0.25, 0.3) is 0 Å². The molecule has 5 nitrogen and oxygen atoms in total. The Morgan fingerprint density at radius 3 is 2.50 bits per heavy atom. The number of likely N-dealkylation sites (N-methyl/N-ethyl adjacent to an activating group) is 1. The van der Waals surface area contributed by atoms with Crippen LogP contribution in [0.4, 0.5) is 4.79 Å². The first-order chi connectivity index (χ1) is 10.5. The summed E-state index contributed by atoms with van der Waals surface area (Å²) >= 11 is 7.42. The molecule has 0 fully saturated rings. The number of benzene rings is 1. The van der Waals surface area contributed by atoms with Crippen LogP contribution in [0.5, 0.6) is 0 Å². The van der Waals surface area contributed by atoms with Gasteiger partial charge in [0.25, 0.3) is 5.91 Å². The van der Waals surface area contributed by atoms with Crippen molar-refractivity contribution in [3.8, 4) is 0 Å². The first kappa shape index (κ1) is 16.5. The van der Waals surface area contributed by atoms with Gasteiger partial charge >= 0.3 is 6.03 Å². The fourth-order valence-electron chi connectivity index (χ4n) is 2.32. The van der Waals surface area contributed by atoms with Crippen LogP contribution in [-0.2, 0) is 11.3 Å². The second-order valence-corrected chi connectivity index (χ2v) is 6.73. The van der Waals surface area contributed by atoms with Gasteiger partial charge in [0.05, 0.1) is 16.3 Å². The highest BCUT2D eigenvalue weighted by Gasteiger charge is 2.30. The lowest BCUT2D eigenvalue weighted by molar-refractivity contribution is -0.915. The molecule has 2 rings (SSSR count). The lowest BCUT2D eigenvalue weighted by Gasteiger charge is -2.23. The Morgan fingerprint density at radius 2 is 1.95 bits per heavy atom. The van der Waals surface area contributed by atoms with Crippen LogP contribution in [0.2, 0.25) is 4.34 Å².